The number of halogens is 3. The molecule has 0 unspecified atom stereocenters. The fraction of sp³-hybridized carbons (Fsp3) is 0.333. The molecule has 0 bridgehead atoms. The Kier molecular flexibility index (Phi) is 6.12. The number of alkyl halides is 3. The van der Waals surface area contributed by atoms with Gasteiger partial charge in [0.25, 0.3) is 0 Å². The Morgan fingerprint density at radius 1 is 1.16 bits per heavy atom. The van der Waals surface area contributed by atoms with E-state index in [2.05, 4.69) is 5.32 Å². The first-order chi connectivity index (χ1) is 14.6. The van der Waals surface area contributed by atoms with Gasteiger partial charge in [-0.25, -0.2) is 4.79 Å². The Hall–Kier alpha value is -3.27. The van der Waals surface area contributed by atoms with Crippen molar-refractivity contribution in [2.24, 2.45) is 5.92 Å². The van der Waals surface area contributed by atoms with Gasteiger partial charge < -0.3 is 25.2 Å². The Morgan fingerprint density at radius 2 is 1.84 bits per heavy atom. The molecule has 7 nitrogen and oxygen atoms in total. The molecular weight excluding hydrogens is 417 g/mol. The van der Waals surface area contributed by atoms with Crippen molar-refractivity contribution in [3.63, 3.8) is 0 Å². The second kappa shape index (κ2) is 8.46. The summed E-state index contributed by atoms with van der Waals surface area (Å²) in [6, 6.07) is 8.72. The molecule has 1 aliphatic heterocycles. The van der Waals surface area contributed by atoms with E-state index in [1.54, 1.807) is 13.0 Å². The Labute approximate surface area is 176 Å². The summed E-state index contributed by atoms with van der Waals surface area (Å²) in [7, 11) is 1.35. The fourth-order valence-electron chi connectivity index (χ4n) is 3.55. The molecule has 3 N–H and O–H groups in total. The van der Waals surface area contributed by atoms with Crippen LogP contribution in [-0.2, 0) is 0 Å². The lowest BCUT2D eigenvalue weighted by molar-refractivity contribution is -0.287. The molecular formula is C21H21F3N2O5. The number of carbonyl (C=O) groups is 2. The number of ether oxygens (including phenoxy) is 2. The molecule has 3 rings (SSSR count). The van der Waals surface area contributed by atoms with E-state index in [9.17, 15) is 27.9 Å². The number of amides is 2. The van der Waals surface area contributed by atoms with Gasteiger partial charge in [-0.15, -0.1) is 0 Å². The number of carbonyl (C=O) groups excluding carboxylic acids is 2. The molecule has 1 fully saturated rings. The third-order valence-electron chi connectivity index (χ3n) is 4.99. The van der Waals surface area contributed by atoms with E-state index in [-0.39, 0.29) is 16.9 Å². The maximum Gasteiger partial charge on any atom is 0.437 e. The van der Waals surface area contributed by atoms with Crippen molar-refractivity contribution in [3.8, 4) is 11.5 Å². The minimum Gasteiger partial charge on any atom is -0.493 e. The van der Waals surface area contributed by atoms with Gasteiger partial charge in [0.05, 0.1) is 19.8 Å². The van der Waals surface area contributed by atoms with Gasteiger partial charge in [0, 0.05) is 5.56 Å². The van der Waals surface area contributed by atoms with E-state index in [0.29, 0.717) is 12.4 Å². The topological polar surface area (TPSA) is 96.9 Å². The first kappa shape index (κ1) is 22.4. The van der Waals surface area contributed by atoms with Gasteiger partial charge in [-0.2, -0.15) is 13.2 Å². The van der Waals surface area contributed by atoms with E-state index >= 15 is 0 Å². The first-order valence-corrected chi connectivity index (χ1v) is 9.40. The average molecular weight is 438 g/mol. The second-order valence-corrected chi connectivity index (χ2v) is 6.89. The van der Waals surface area contributed by atoms with Gasteiger partial charge in [-0.3, -0.25) is 4.79 Å². The zero-order chi connectivity index (χ0) is 22.8. The van der Waals surface area contributed by atoms with Crippen LogP contribution in [0.25, 0.3) is 0 Å². The molecule has 2 aromatic rings. The number of benzene rings is 2. The average Bonchev–Trinajstić information content (AvgIpc) is 2.73. The molecule has 3 atom stereocenters. The number of methoxy groups -OCH3 is 1. The van der Waals surface area contributed by atoms with Crippen LogP contribution in [0.4, 0.5) is 18.0 Å². The Balaban J connectivity index is 2.16. The Morgan fingerprint density at radius 3 is 2.42 bits per heavy atom. The highest BCUT2D eigenvalue weighted by molar-refractivity contribution is 6.00. The van der Waals surface area contributed by atoms with Gasteiger partial charge in [0.15, 0.2) is 17.3 Å². The predicted molar refractivity (Wildman–Crippen MR) is 104 cm³/mol. The molecule has 31 heavy (non-hydrogen) atoms. The summed E-state index contributed by atoms with van der Waals surface area (Å²) in [5.41, 5.74) is -3.71. The zero-order valence-corrected chi connectivity index (χ0v) is 16.7. The van der Waals surface area contributed by atoms with Gasteiger partial charge in [-0.1, -0.05) is 36.4 Å². The molecule has 1 heterocycles. The molecule has 10 heteroatoms. The molecule has 0 aliphatic carbocycles. The van der Waals surface area contributed by atoms with Crippen LogP contribution >= 0.6 is 0 Å². The predicted octanol–water partition coefficient (Wildman–Crippen LogP) is 3.20. The van der Waals surface area contributed by atoms with Crippen LogP contribution in [0.3, 0.4) is 0 Å². The van der Waals surface area contributed by atoms with Crippen molar-refractivity contribution in [2.45, 2.75) is 24.9 Å². The minimum absolute atomic E-state index is 0.0453. The summed E-state index contributed by atoms with van der Waals surface area (Å²) in [5, 5.41) is 14.4. The van der Waals surface area contributed by atoms with Crippen molar-refractivity contribution in [3.05, 3.63) is 59.7 Å². The van der Waals surface area contributed by atoms with Crippen molar-refractivity contribution in [1.82, 2.24) is 10.6 Å². The van der Waals surface area contributed by atoms with E-state index in [1.165, 1.54) is 54.9 Å². The largest absolute Gasteiger partial charge is 0.493 e. The quantitative estimate of drug-likeness (QED) is 0.602. The second-order valence-electron chi connectivity index (χ2n) is 6.89. The number of aliphatic hydroxyl groups is 1. The number of hydrogen-bond acceptors (Lipinski definition) is 5. The van der Waals surface area contributed by atoms with E-state index in [4.69, 9.17) is 9.47 Å². The maximum absolute atomic E-state index is 13.9. The van der Waals surface area contributed by atoms with Crippen molar-refractivity contribution in [2.75, 3.05) is 13.7 Å². The van der Waals surface area contributed by atoms with Crippen LogP contribution in [0, 0.1) is 5.92 Å². The summed E-state index contributed by atoms with van der Waals surface area (Å²) in [6.07, 6.45) is -5.33. The van der Waals surface area contributed by atoms with Crippen LogP contribution in [0.2, 0.25) is 0 Å². The molecule has 166 valence electrons. The molecule has 1 aliphatic rings. The van der Waals surface area contributed by atoms with Crippen LogP contribution < -0.4 is 20.1 Å². The summed E-state index contributed by atoms with van der Waals surface area (Å²) >= 11 is 0. The molecule has 2 amide bonds. The molecule has 0 radical (unpaired) electrons. The van der Waals surface area contributed by atoms with Crippen molar-refractivity contribution >= 4 is 11.8 Å². The molecule has 2 aromatic carbocycles. The Bertz CT molecular complexity index is 967. The number of Topliss-reactive ketones (excluding diaryl/α,β-unsaturated/α-hetero) is 1. The summed E-state index contributed by atoms with van der Waals surface area (Å²) in [5.74, 6) is -2.57. The highest BCUT2D eigenvalue weighted by Crippen LogP contribution is 2.45. The fourth-order valence-corrected chi connectivity index (χ4v) is 3.55. The third kappa shape index (κ3) is 4.15. The lowest BCUT2D eigenvalue weighted by Gasteiger charge is -2.45. The smallest absolute Gasteiger partial charge is 0.437 e. The lowest BCUT2D eigenvalue weighted by Crippen LogP contribution is -2.72. The van der Waals surface area contributed by atoms with E-state index in [0.717, 1.165) is 0 Å². The van der Waals surface area contributed by atoms with Gasteiger partial charge in [-0.05, 0) is 24.6 Å². The monoisotopic (exact) mass is 438 g/mol. The third-order valence-corrected chi connectivity index (χ3v) is 4.99. The number of rotatable bonds is 6. The number of ketones is 1. The van der Waals surface area contributed by atoms with Crippen molar-refractivity contribution in [1.29, 1.82) is 0 Å². The number of hydrogen-bond donors (Lipinski definition) is 3. The van der Waals surface area contributed by atoms with Crippen molar-refractivity contribution < 1.29 is 37.3 Å². The van der Waals surface area contributed by atoms with E-state index in [1.807, 2.05) is 0 Å². The van der Waals surface area contributed by atoms with Crippen LogP contribution in [-0.4, -0.2) is 42.5 Å². The highest BCUT2D eigenvalue weighted by Gasteiger charge is 2.66. The maximum atomic E-state index is 13.9. The van der Waals surface area contributed by atoms with Crippen LogP contribution in [0.15, 0.2) is 48.5 Å². The van der Waals surface area contributed by atoms with Crippen LogP contribution in [0.1, 0.15) is 28.9 Å². The number of urea groups is 1. The normalized spacial score (nSPS) is 23.5. The summed E-state index contributed by atoms with van der Waals surface area (Å²) in [6.45, 7) is 2.07. The zero-order valence-electron chi connectivity index (χ0n) is 16.7. The molecule has 1 saturated heterocycles. The van der Waals surface area contributed by atoms with E-state index < -0.39 is 35.7 Å². The molecule has 0 saturated carbocycles. The standard InChI is InChI=1S/C21H21F3N2O5/c1-3-31-14-10-9-13(11-15(14)30-2)17-16(18(27)12-7-5-4-6-8-12)20(29,21(22,23)24)26-19(28)25-17/h4-11,16-17,29H,3H2,1-2H3,(H2,25,26,28)/t16-,17-,20+/m1/s1. The number of nitrogens with one attached hydrogen (secondary N) is 2. The SMILES string of the molecule is CCOc1ccc([C@H]2NC(=O)N[C@@](O)(C(F)(F)F)[C@H]2C(=O)c2ccccc2)cc1OC. The highest BCUT2D eigenvalue weighted by atomic mass is 19.4. The minimum atomic E-state index is -5.33. The van der Waals surface area contributed by atoms with Gasteiger partial charge in [0.2, 0.25) is 5.72 Å². The van der Waals surface area contributed by atoms with Gasteiger partial charge in [0.1, 0.15) is 5.92 Å². The summed E-state index contributed by atoms with van der Waals surface area (Å²) in [4.78, 5) is 25.3. The lowest BCUT2D eigenvalue weighted by atomic mass is 9.77. The first-order valence-electron chi connectivity index (χ1n) is 9.40. The molecule has 0 aromatic heterocycles. The van der Waals surface area contributed by atoms with Gasteiger partial charge >= 0.3 is 12.2 Å². The molecule has 0 spiro atoms. The summed E-state index contributed by atoms with van der Waals surface area (Å²) < 4.78 is 52.4. The van der Waals surface area contributed by atoms with Crippen LogP contribution in [0.5, 0.6) is 11.5 Å².